The van der Waals surface area contributed by atoms with E-state index in [0.717, 1.165) is 4.70 Å². The number of nitrogens with zero attached hydrogens (tertiary/aromatic N) is 1. The van der Waals surface area contributed by atoms with Gasteiger partial charge in [0, 0.05) is 16.3 Å². The highest BCUT2D eigenvalue weighted by molar-refractivity contribution is 7.92. The predicted molar refractivity (Wildman–Crippen MR) is 123 cm³/mol. The molecule has 0 atom stereocenters. The van der Waals surface area contributed by atoms with Crippen LogP contribution in [-0.4, -0.2) is 26.4 Å². The highest BCUT2D eigenvalue weighted by Crippen LogP contribution is 2.32. The lowest BCUT2D eigenvalue weighted by atomic mass is 10.2. The zero-order valence-electron chi connectivity index (χ0n) is 16.1. The highest BCUT2D eigenvalue weighted by Gasteiger charge is 2.16. The molecule has 2 N–H and O–H groups in total. The van der Waals surface area contributed by atoms with E-state index in [0.29, 0.717) is 21.4 Å². The molecule has 1 aromatic heterocycles. The number of nitrogens with one attached hydrogen (secondary N) is 2. The van der Waals surface area contributed by atoms with Gasteiger partial charge in [0.2, 0.25) is 0 Å². The number of rotatable bonds is 6. The summed E-state index contributed by atoms with van der Waals surface area (Å²) in [5.74, 6) is 0.207. The number of ether oxygens (including phenoxy) is 1. The third kappa shape index (κ3) is 4.63. The van der Waals surface area contributed by atoms with E-state index in [-0.39, 0.29) is 16.1 Å². The molecule has 1 amide bonds. The van der Waals surface area contributed by atoms with Gasteiger partial charge in [0.15, 0.2) is 5.13 Å². The average molecular weight is 474 g/mol. The minimum Gasteiger partial charge on any atom is -0.494 e. The molecule has 1 heterocycles. The molecule has 31 heavy (non-hydrogen) atoms. The lowest BCUT2D eigenvalue weighted by Crippen LogP contribution is -2.15. The van der Waals surface area contributed by atoms with E-state index in [4.69, 9.17) is 16.3 Å². The maximum Gasteiger partial charge on any atom is 0.261 e. The third-order valence-electron chi connectivity index (χ3n) is 4.32. The van der Waals surface area contributed by atoms with Crippen LogP contribution in [0.2, 0.25) is 5.02 Å². The number of hydrogen-bond donors (Lipinski definition) is 2. The van der Waals surface area contributed by atoms with Gasteiger partial charge in [0.25, 0.3) is 15.9 Å². The monoisotopic (exact) mass is 473 g/mol. The number of benzene rings is 3. The molecular weight excluding hydrogens is 458 g/mol. The van der Waals surface area contributed by atoms with Crippen LogP contribution in [0.1, 0.15) is 10.4 Å². The molecule has 4 aromatic rings. The Balaban J connectivity index is 1.54. The Morgan fingerprint density at radius 2 is 1.81 bits per heavy atom. The second-order valence-corrected chi connectivity index (χ2v) is 9.57. The minimum atomic E-state index is -3.82. The first-order valence-electron chi connectivity index (χ1n) is 8.99. The third-order valence-corrected chi connectivity index (χ3v) is 6.91. The van der Waals surface area contributed by atoms with Crippen molar-refractivity contribution < 1.29 is 17.9 Å². The summed E-state index contributed by atoms with van der Waals surface area (Å²) in [6, 6.07) is 17.5. The van der Waals surface area contributed by atoms with E-state index in [1.165, 1.54) is 41.7 Å². The molecule has 0 spiro atoms. The normalized spacial score (nSPS) is 11.3. The zero-order valence-corrected chi connectivity index (χ0v) is 18.5. The van der Waals surface area contributed by atoms with Crippen LogP contribution in [0.3, 0.4) is 0 Å². The predicted octanol–water partition coefficient (Wildman–Crippen LogP) is 5.01. The second-order valence-electron chi connectivity index (χ2n) is 6.42. The van der Waals surface area contributed by atoms with Gasteiger partial charge in [-0.05, 0) is 54.6 Å². The Hall–Kier alpha value is -3.14. The number of aromatic nitrogens is 1. The van der Waals surface area contributed by atoms with Gasteiger partial charge in [-0.3, -0.25) is 14.8 Å². The molecular formula is C21H16ClN3O4S2. The molecule has 10 heteroatoms. The van der Waals surface area contributed by atoms with Crippen LogP contribution >= 0.6 is 22.9 Å². The molecule has 0 fully saturated rings. The van der Waals surface area contributed by atoms with Gasteiger partial charge < -0.3 is 4.74 Å². The zero-order chi connectivity index (χ0) is 22.0. The molecule has 4 rings (SSSR count). The summed E-state index contributed by atoms with van der Waals surface area (Å²) >= 11 is 7.13. The number of amides is 1. The largest absolute Gasteiger partial charge is 0.494 e. The number of para-hydroxylation sites is 1. The average Bonchev–Trinajstić information content (AvgIpc) is 3.16. The molecule has 0 aliphatic rings. The van der Waals surface area contributed by atoms with Gasteiger partial charge in [-0.15, -0.1) is 0 Å². The molecule has 0 saturated heterocycles. The first kappa shape index (κ1) is 21.1. The lowest BCUT2D eigenvalue weighted by Gasteiger charge is -2.09. The van der Waals surface area contributed by atoms with E-state index in [1.54, 1.807) is 31.4 Å². The van der Waals surface area contributed by atoms with Crippen LogP contribution in [0.25, 0.3) is 10.2 Å². The summed E-state index contributed by atoms with van der Waals surface area (Å²) in [7, 11) is -2.26. The van der Waals surface area contributed by atoms with Crippen molar-refractivity contribution in [3.8, 4) is 5.75 Å². The molecule has 3 aromatic carbocycles. The Labute approximate surface area is 187 Å². The number of carbonyl (C=O) groups is 1. The summed E-state index contributed by atoms with van der Waals surface area (Å²) in [6.45, 7) is 0. The fourth-order valence-electron chi connectivity index (χ4n) is 2.86. The molecule has 0 radical (unpaired) electrons. The number of anilines is 2. The van der Waals surface area contributed by atoms with Crippen molar-refractivity contribution in [3.63, 3.8) is 0 Å². The van der Waals surface area contributed by atoms with Crippen molar-refractivity contribution >= 4 is 59.9 Å². The van der Waals surface area contributed by atoms with E-state index in [9.17, 15) is 13.2 Å². The minimum absolute atomic E-state index is 0.0650. The summed E-state index contributed by atoms with van der Waals surface area (Å²) in [5, 5.41) is 3.60. The quantitative estimate of drug-likeness (QED) is 0.410. The van der Waals surface area contributed by atoms with Gasteiger partial charge in [-0.2, -0.15) is 0 Å². The fourth-order valence-corrected chi connectivity index (χ4v) is 4.92. The summed E-state index contributed by atoms with van der Waals surface area (Å²) in [4.78, 5) is 17.2. The molecule has 0 bridgehead atoms. The Morgan fingerprint density at radius 3 is 2.55 bits per heavy atom. The molecule has 158 valence electrons. The summed E-state index contributed by atoms with van der Waals surface area (Å²) in [5.41, 5.74) is 1.20. The van der Waals surface area contributed by atoms with Crippen molar-refractivity contribution in [2.45, 2.75) is 4.90 Å². The Bertz CT molecular complexity index is 1370. The maximum atomic E-state index is 12.7. The topological polar surface area (TPSA) is 97.4 Å². The molecule has 7 nitrogen and oxygen atoms in total. The van der Waals surface area contributed by atoms with E-state index in [2.05, 4.69) is 15.0 Å². The summed E-state index contributed by atoms with van der Waals surface area (Å²) < 4.78 is 33.8. The van der Waals surface area contributed by atoms with Gasteiger partial charge in [-0.1, -0.05) is 35.1 Å². The number of methoxy groups -OCH3 is 1. The van der Waals surface area contributed by atoms with Gasteiger partial charge >= 0.3 is 0 Å². The molecule has 0 unspecified atom stereocenters. The Kier molecular flexibility index (Phi) is 5.81. The smallest absolute Gasteiger partial charge is 0.261 e. The first-order chi connectivity index (χ1) is 14.9. The number of carbonyl (C=O) groups excluding carboxylic acids is 1. The Morgan fingerprint density at radius 1 is 1.06 bits per heavy atom. The number of thiazole rings is 1. The van der Waals surface area contributed by atoms with E-state index in [1.807, 2.05) is 12.1 Å². The van der Waals surface area contributed by atoms with Crippen molar-refractivity contribution in [2.24, 2.45) is 0 Å². The number of sulfonamides is 1. The van der Waals surface area contributed by atoms with Crippen LogP contribution in [0, 0.1) is 0 Å². The highest BCUT2D eigenvalue weighted by atomic mass is 35.5. The summed E-state index contributed by atoms with van der Waals surface area (Å²) in [6.07, 6.45) is 0. The van der Waals surface area contributed by atoms with Crippen molar-refractivity contribution in [2.75, 3.05) is 17.1 Å². The SMILES string of the molecule is COc1cccc2sc(NC(=O)c3cccc(NS(=O)(=O)c4ccc(Cl)cc4)c3)nc12. The first-order valence-corrected chi connectivity index (χ1v) is 11.7. The van der Waals surface area contributed by atoms with Gasteiger partial charge in [-0.25, -0.2) is 13.4 Å². The van der Waals surface area contributed by atoms with Crippen molar-refractivity contribution in [1.29, 1.82) is 0 Å². The standard InChI is InChI=1S/C21H16ClN3O4S2/c1-29-17-6-3-7-18-19(17)23-21(30-18)24-20(26)13-4-2-5-15(12-13)25-31(27,28)16-10-8-14(22)9-11-16/h2-12,25H,1H3,(H,23,24,26). The van der Waals surface area contributed by atoms with Crippen molar-refractivity contribution in [1.82, 2.24) is 4.98 Å². The van der Waals surface area contributed by atoms with Crippen LogP contribution in [0.15, 0.2) is 71.6 Å². The maximum absolute atomic E-state index is 12.7. The van der Waals surface area contributed by atoms with Crippen molar-refractivity contribution in [3.05, 3.63) is 77.3 Å². The van der Waals surface area contributed by atoms with Gasteiger partial charge in [0.05, 0.1) is 16.7 Å². The van der Waals surface area contributed by atoms with E-state index >= 15 is 0 Å². The number of halogens is 1. The van der Waals surface area contributed by atoms with Crippen LogP contribution in [-0.2, 0) is 10.0 Å². The van der Waals surface area contributed by atoms with E-state index < -0.39 is 15.9 Å². The molecule has 0 aliphatic heterocycles. The second kappa shape index (κ2) is 8.54. The van der Waals surface area contributed by atoms with Crippen LogP contribution < -0.4 is 14.8 Å². The van der Waals surface area contributed by atoms with Crippen LogP contribution in [0.4, 0.5) is 10.8 Å². The molecule has 0 aliphatic carbocycles. The van der Waals surface area contributed by atoms with Gasteiger partial charge in [0.1, 0.15) is 11.3 Å². The number of fused-ring (bicyclic) bond motifs is 1. The fraction of sp³-hybridized carbons (Fsp3) is 0.0476. The number of hydrogen-bond acceptors (Lipinski definition) is 6. The van der Waals surface area contributed by atoms with Crippen LogP contribution in [0.5, 0.6) is 5.75 Å². The lowest BCUT2D eigenvalue weighted by molar-refractivity contribution is 0.102. The molecule has 0 saturated carbocycles.